The summed E-state index contributed by atoms with van der Waals surface area (Å²) < 4.78 is 15.6. The maximum absolute atomic E-state index is 12.3. The molecular formula is C30H31N3O5. The van der Waals surface area contributed by atoms with Crippen LogP contribution < -0.4 is 10.6 Å². The molecule has 0 aliphatic heterocycles. The lowest BCUT2D eigenvalue weighted by molar-refractivity contribution is -0.140. The lowest BCUT2D eigenvalue weighted by Gasteiger charge is -2.13. The number of carbonyl (C=O) groups excluding carboxylic acids is 2. The fraction of sp³-hybridized carbons (Fsp3) is 0.233. The second-order valence-electron chi connectivity index (χ2n) is 8.94. The summed E-state index contributed by atoms with van der Waals surface area (Å²) in [5.74, 6) is 0.626. The van der Waals surface area contributed by atoms with Gasteiger partial charge < -0.3 is 19.3 Å². The van der Waals surface area contributed by atoms with E-state index in [9.17, 15) is 9.59 Å². The van der Waals surface area contributed by atoms with E-state index in [4.69, 9.17) is 9.26 Å². The molecule has 0 aliphatic carbocycles. The van der Waals surface area contributed by atoms with Crippen LogP contribution in [0.25, 0.3) is 11.3 Å². The molecule has 1 amide bonds. The second-order valence-corrected chi connectivity index (χ2v) is 8.94. The van der Waals surface area contributed by atoms with Crippen LogP contribution in [0.3, 0.4) is 0 Å². The van der Waals surface area contributed by atoms with Crippen LogP contribution in [0.4, 0.5) is 16.3 Å². The van der Waals surface area contributed by atoms with Crippen molar-refractivity contribution in [3.63, 3.8) is 0 Å². The van der Waals surface area contributed by atoms with Crippen LogP contribution in [0.2, 0.25) is 0 Å². The number of aromatic nitrogens is 1. The molecule has 4 aromatic rings. The van der Waals surface area contributed by atoms with E-state index in [0.717, 1.165) is 33.5 Å². The van der Waals surface area contributed by atoms with Crippen LogP contribution in [-0.4, -0.2) is 24.3 Å². The minimum atomic E-state index is -0.601. The molecule has 0 unspecified atom stereocenters. The molecular weight excluding hydrogens is 482 g/mol. The third kappa shape index (κ3) is 7.22. The quantitative estimate of drug-likeness (QED) is 0.228. The number of amides is 1. The fourth-order valence-electron chi connectivity index (χ4n) is 4.00. The smallest absolute Gasteiger partial charge is 0.413 e. The Bertz CT molecular complexity index is 1370. The van der Waals surface area contributed by atoms with Crippen molar-refractivity contribution in [2.24, 2.45) is 0 Å². The molecule has 0 saturated carbocycles. The first-order chi connectivity index (χ1) is 18.4. The molecule has 38 heavy (non-hydrogen) atoms. The molecule has 0 saturated heterocycles. The minimum Gasteiger partial charge on any atom is -0.469 e. The highest BCUT2D eigenvalue weighted by Gasteiger charge is 2.15. The molecule has 2 N–H and O–H groups in total. The molecule has 8 heteroatoms. The highest BCUT2D eigenvalue weighted by molar-refractivity contribution is 5.84. The fourth-order valence-corrected chi connectivity index (χ4v) is 4.00. The summed E-state index contributed by atoms with van der Waals surface area (Å²) in [5, 5.41) is 10.0. The summed E-state index contributed by atoms with van der Waals surface area (Å²) in [6, 6.07) is 25.3. The number of aryl methyl sites for hydroxylation is 2. The number of esters is 1. The average molecular weight is 514 g/mol. The van der Waals surface area contributed by atoms with Crippen molar-refractivity contribution in [2.75, 3.05) is 17.7 Å². The number of hydrogen-bond donors (Lipinski definition) is 2. The van der Waals surface area contributed by atoms with E-state index in [1.54, 1.807) is 6.07 Å². The molecule has 1 aromatic heterocycles. The van der Waals surface area contributed by atoms with Crippen molar-refractivity contribution in [3.8, 4) is 11.3 Å². The number of nitrogens with one attached hydrogen (secondary N) is 2. The van der Waals surface area contributed by atoms with Crippen molar-refractivity contribution in [2.45, 2.75) is 39.3 Å². The van der Waals surface area contributed by atoms with Gasteiger partial charge in [-0.15, -0.1) is 0 Å². The average Bonchev–Trinajstić information content (AvgIpc) is 3.39. The van der Waals surface area contributed by atoms with E-state index < -0.39 is 12.2 Å². The zero-order valence-electron chi connectivity index (χ0n) is 21.7. The van der Waals surface area contributed by atoms with E-state index in [1.807, 2.05) is 80.6 Å². The van der Waals surface area contributed by atoms with Gasteiger partial charge in [-0.25, -0.2) is 4.79 Å². The molecule has 4 rings (SSSR count). The molecule has 0 bridgehead atoms. The van der Waals surface area contributed by atoms with Gasteiger partial charge in [0.15, 0.2) is 11.6 Å². The van der Waals surface area contributed by atoms with Crippen LogP contribution in [0.1, 0.15) is 41.7 Å². The number of methoxy groups -OCH3 is 1. The summed E-state index contributed by atoms with van der Waals surface area (Å²) in [6.07, 6.45) is 0.0293. The Labute approximate surface area is 222 Å². The molecule has 0 spiro atoms. The van der Waals surface area contributed by atoms with Crippen LogP contribution in [0.5, 0.6) is 0 Å². The number of nitrogens with zero attached hydrogens (tertiary/aromatic N) is 1. The van der Waals surface area contributed by atoms with E-state index in [1.165, 1.54) is 7.11 Å². The van der Waals surface area contributed by atoms with Gasteiger partial charge >= 0.3 is 12.1 Å². The summed E-state index contributed by atoms with van der Waals surface area (Å²) in [6.45, 7) is 4.46. The van der Waals surface area contributed by atoms with E-state index in [0.29, 0.717) is 25.1 Å². The van der Waals surface area contributed by atoms with Crippen molar-refractivity contribution in [1.29, 1.82) is 0 Å². The molecule has 0 aliphatic rings. The lowest BCUT2D eigenvalue weighted by Crippen LogP contribution is -2.16. The second kappa shape index (κ2) is 12.6. The first-order valence-electron chi connectivity index (χ1n) is 12.4. The largest absolute Gasteiger partial charge is 0.469 e. The molecule has 0 fully saturated rings. The Morgan fingerprint density at radius 3 is 2.42 bits per heavy atom. The number of rotatable bonds is 10. The first-order valence-corrected chi connectivity index (χ1v) is 12.4. The SMILES string of the molecule is COC(=O)CCc1ccc(NCc2ccc(-c3cc(NC(=O)O[C@H](C)c4ccccc4)no3)c(C)c2)cc1. The maximum atomic E-state index is 12.3. The third-order valence-corrected chi connectivity index (χ3v) is 6.15. The van der Waals surface area contributed by atoms with Gasteiger partial charge in [0.1, 0.15) is 6.10 Å². The maximum Gasteiger partial charge on any atom is 0.413 e. The van der Waals surface area contributed by atoms with Crippen molar-refractivity contribution in [3.05, 3.63) is 101 Å². The summed E-state index contributed by atoms with van der Waals surface area (Å²) in [5.41, 5.74) is 5.99. The molecule has 8 nitrogen and oxygen atoms in total. The molecule has 0 radical (unpaired) electrons. The predicted molar refractivity (Wildman–Crippen MR) is 146 cm³/mol. The molecule has 3 aromatic carbocycles. The van der Waals surface area contributed by atoms with Gasteiger partial charge in [-0.05, 0) is 54.7 Å². The Morgan fingerprint density at radius 2 is 1.71 bits per heavy atom. The monoisotopic (exact) mass is 513 g/mol. The van der Waals surface area contributed by atoms with Crippen LogP contribution in [0.15, 0.2) is 83.4 Å². The highest BCUT2D eigenvalue weighted by atomic mass is 16.6. The number of anilines is 2. The van der Waals surface area contributed by atoms with Crippen molar-refractivity contribution in [1.82, 2.24) is 5.16 Å². The first kappa shape index (κ1) is 26.5. The van der Waals surface area contributed by atoms with Gasteiger partial charge in [-0.3, -0.25) is 10.1 Å². The highest BCUT2D eigenvalue weighted by Crippen LogP contribution is 2.27. The molecule has 196 valence electrons. The van der Waals surface area contributed by atoms with Crippen LogP contribution >= 0.6 is 0 Å². The van der Waals surface area contributed by atoms with Gasteiger partial charge in [0.25, 0.3) is 0 Å². The van der Waals surface area contributed by atoms with Gasteiger partial charge in [0, 0.05) is 30.3 Å². The summed E-state index contributed by atoms with van der Waals surface area (Å²) in [7, 11) is 1.40. The van der Waals surface area contributed by atoms with E-state index in [-0.39, 0.29) is 11.8 Å². The predicted octanol–water partition coefficient (Wildman–Crippen LogP) is 6.68. The number of ether oxygens (including phenoxy) is 2. The Kier molecular flexibility index (Phi) is 8.77. The molecule has 1 heterocycles. The Hall–Kier alpha value is -4.59. The normalized spacial score (nSPS) is 11.4. The number of benzene rings is 3. The summed E-state index contributed by atoms with van der Waals surface area (Å²) in [4.78, 5) is 23.6. The van der Waals surface area contributed by atoms with E-state index >= 15 is 0 Å². The standard InChI is InChI=1S/C30H31N3O5/c1-20-17-23(19-31-25-13-9-22(10-14-25)12-16-29(34)36-3)11-15-26(20)27-18-28(33-38-27)32-30(35)37-21(2)24-7-5-4-6-8-24/h4-11,13-15,17-18,21,31H,12,16,19H2,1-3H3,(H,32,33,35)/t21-/m1/s1. The Morgan fingerprint density at radius 1 is 0.974 bits per heavy atom. The van der Waals surface area contributed by atoms with Crippen LogP contribution in [-0.2, 0) is 27.2 Å². The van der Waals surface area contributed by atoms with Crippen molar-refractivity contribution >= 4 is 23.6 Å². The van der Waals surface area contributed by atoms with Gasteiger partial charge in [-0.1, -0.05) is 65.8 Å². The van der Waals surface area contributed by atoms with Gasteiger partial charge in [0.2, 0.25) is 0 Å². The minimum absolute atomic E-state index is 0.209. The topological polar surface area (TPSA) is 103 Å². The Balaban J connectivity index is 1.30. The van der Waals surface area contributed by atoms with Gasteiger partial charge in [0.05, 0.1) is 7.11 Å². The van der Waals surface area contributed by atoms with E-state index in [2.05, 4.69) is 26.6 Å². The molecule has 1 atom stereocenters. The van der Waals surface area contributed by atoms with Crippen LogP contribution in [0, 0.1) is 6.92 Å². The zero-order chi connectivity index (χ0) is 26.9. The number of hydrogen-bond acceptors (Lipinski definition) is 7. The number of carbonyl (C=O) groups is 2. The van der Waals surface area contributed by atoms with Gasteiger partial charge in [-0.2, -0.15) is 0 Å². The zero-order valence-corrected chi connectivity index (χ0v) is 21.7. The van der Waals surface area contributed by atoms with Crippen molar-refractivity contribution < 1.29 is 23.6 Å². The summed E-state index contributed by atoms with van der Waals surface area (Å²) >= 11 is 0. The lowest BCUT2D eigenvalue weighted by atomic mass is 10.0. The third-order valence-electron chi connectivity index (χ3n) is 6.15.